The third-order valence-electron chi connectivity index (χ3n) is 5.89. The molecule has 164 valence electrons. The van der Waals surface area contributed by atoms with Gasteiger partial charge in [0.15, 0.2) is 5.16 Å². The molecule has 6 nitrogen and oxygen atoms in total. The number of thioether (sulfide) groups is 1. The Morgan fingerprint density at radius 3 is 2.81 bits per heavy atom. The van der Waals surface area contributed by atoms with E-state index in [1.54, 1.807) is 11.6 Å². The first-order valence-electron chi connectivity index (χ1n) is 10.5. The van der Waals surface area contributed by atoms with Gasteiger partial charge in [-0.25, -0.2) is 4.98 Å². The molecule has 4 rings (SSSR count). The predicted octanol–water partition coefficient (Wildman–Crippen LogP) is 3.48. The zero-order valence-electron chi connectivity index (χ0n) is 18.3. The van der Waals surface area contributed by atoms with Gasteiger partial charge >= 0.3 is 0 Å². The number of fused-ring (bicyclic) bond motifs is 1. The van der Waals surface area contributed by atoms with Crippen molar-refractivity contribution in [2.24, 2.45) is 7.05 Å². The molecule has 2 unspecified atom stereocenters. The molecule has 1 amide bonds. The van der Waals surface area contributed by atoms with Crippen molar-refractivity contribution in [2.45, 2.75) is 50.2 Å². The number of rotatable bonds is 6. The highest BCUT2D eigenvalue weighted by molar-refractivity contribution is 8.00. The van der Waals surface area contributed by atoms with Crippen LogP contribution in [0.4, 0.5) is 0 Å². The summed E-state index contributed by atoms with van der Waals surface area (Å²) in [5, 5.41) is 4.13. The molecule has 1 aromatic carbocycles. The Hall–Kier alpha value is -2.16. The lowest BCUT2D eigenvalue weighted by molar-refractivity contribution is -0.120. The number of nitrogens with one attached hydrogen (secondary N) is 1. The van der Waals surface area contributed by atoms with Gasteiger partial charge in [0.25, 0.3) is 5.56 Å². The number of aryl methyl sites for hydroxylation is 2. The van der Waals surface area contributed by atoms with E-state index < -0.39 is 0 Å². The number of amides is 1. The fraction of sp³-hybridized carbons (Fsp3) is 0.435. The van der Waals surface area contributed by atoms with Crippen LogP contribution in [0.5, 0.6) is 0 Å². The van der Waals surface area contributed by atoms with E-state index in [4.69, 9.17) is 0 Å². The first-order chi connectivity index (χ1) is 14.8. The van der Waals surface area contributed by atoms with E-state index in [-0.39, 0.29) is 22.8 Å². The second-order valence-electron chi connectivity index (χ2n) is 8.20. The number of benzene rings is 1. The highest BCUT2D eigenvalue weighted by Gasteiger charge is 2.27. The van der Waals surface area contributed by atoms with Crippen molar-refractivity contribution in [1.82, 2.24) is 19.8 Å². The number of hydrogen-bond acceptors (Lipinski definition) is 6. The number of hydrogen-bond donors (Lipinski definition) is 1. The summed E-state index contributed by atoms with van der Waals surface area (Å²) in [6, 6.07) is 10.6. The number of aromatic nitrogens is 2. The van der Waals surface area contributed by atoms with Crippen molar-refractivity contribution < 1.29 is 4.79 Å². The molecule has 0 aliphatic carbocycles. The highest BCUT2D eigenvalue weighted by Crippen LogP contribution is 2.29. The number of carbonyl (C=O) groups excluding carboxylic acids is 1. The Morgan fingerprint density at radius 1 is 1.32 bits per heavy atom. The summed E-state index contributed by atoms with van der Waals surface area (Å²) in [6.07, 6.45) is 0.951. The summed E-state index contributed by atoms with van der Waals surface area (Å²) < 4.78 is 1.56. The van der Waals surface area contributed by atoms with Crippen molar-refractivity contribution in [2.75, 3.05) is 13.1 Å². The molecule has 1 aliphatic heterocycles. The molecule has 0 bridgehead atoms. The van der Waals surface area contributed by atoms with Gasteiger partial charge in [0.05, 0.1) is 10.6 Å². The van der Waals surface area contributed by atoms with Crippen LogP contribution in [0.1, 0.15) is 29.3 Å². The average Bonchev–Trinajstić information content (AvgIpc) is 3.30. The molecule has 0 radical (unpaired) electrons. The fourth-order valence-corrected chi connectivity index (χ4v) is 5.88. The van der Waals surface area contributed by atoms with Gasteiger partial charge in [0.1, 0.15) is 4.83 Å². The Morgan fingerprint density at radius 2 is 2.06 bits per heavy atom. The van der Waals surface area contributed by atoms with Crippen molar-refractivity contribution in [3.63, 3.8) is 0 Å². The van der Waals surface area contributed by atoms with Crippen LogP contribution in [0.2, 0.25) is 0 Å². The van der Waals surface area contributed by atoms with Crippen molar-refractivity contribution in [1.29, 1.82) is 0 Å². The summed E-state index contributed by atoms with van der Waals surface area (Å²) in [5.41, 5.74) is 2.24. The maximum Gasteiger partial charge on any atom is 0.262 e. The van der Waals surface area contributed by atoms with Crippen LogP contribution < -0.4 is 10.9 Å². The predicted molar refractivity (Wildman–Crippen MR) is 128 cm³/mol. The molecule has 1 saturated heterocycles. The van der Waals surface area contributed by atoms with E-state index in [9.17, 15) is 9.59 Å². The molecule has 3 heterocycles. The Balaban J connectivity index is 1.38. The second kappa shape index (κ2) is 9.14. The van der Waals surface area contributed by atoms with Crippen LogP contribution in [0.25, 0.3) is 10.2 Å². The number of nitrogens with zero attached hydrogens (tertiary/aromatic N) is 3. The van der Waals surface area contributed by atoms with Crippen molar-refractivity contribution >= 4 is 39.2 Å². The molecule has 0 spiro atoms. The van der Waals surface area contributed by atoms with Gasteiger partial charge in [0, 0.05) is 37.6 Å². The molecule has 8 heteroatoms. The lowest BCUT2D eigenvalue weighted by Gasteiger charge is -2.19. The smallest absolute Gasteiger partial charge is 0.262 e. The summed E-state index contributed by atoms with van der Waals surface area (Å²) in [6.45, 7) is 8.58. The van der Waals surface area contributed by atoms with E-state index in [1.807, 2.05) is 26.8 Å². The summed E-state index contributed by atoms with van der Waals surface area (Å²) in [5.74, 6) is -0.00977. The van der Waals surface area contributed by atoms with Crippen LogP contribution in [-0.4, -0.2) is 44.7 Å². The summed E-state index contributed by atoms with van der Waals surface area (Å²) >= 11 is 2.88. The first kappa shape index (κ1) is 22.0. The van der Waals surface area contributed by atoms with Crippen LogP contribution in [0.3, 0.4) is 0 Å². The van der Waals surface area contributed by atoms with E-state index in [2.05, 4.69) is 39.5 Å². The van der Waals surface area contributed by atoms with E-state index in [1.165, 1.54) is 28.7 Å². The second-order valence-corrected chi connectivity index (χ2v) is 10.7. The third-order valence-corrected chi connectivity index (χ3v) is 8.13. The molecule has 31 heavy (non-hydrogen) atoms. The molecule has 1 fully saturated rings. The first-order valence-corrected chi connectivity index (χ1v) is 12.2. The topological polar surface area (TPSA) is 67.2 Å². The zero-order valence-corrected chi connectivity index (χ0v) is 20.0. The number of thiophene rings is 1. The standard InChI is InChI=1S/C23H28N4O2S2/c1-14-15(2)30-21-19(14)22(29)26(4)23(25-21)31-16(3)20(28)24-18-10-11-27(13-18)12-17-8-6-5-7-9-17/h5-9,16,18H,10-13H2,1-4H3,(H,24,28). The molecular weight excluding hydrogens is 428 g/mol. The van der Waals surface area contributed by atoms with Crippen LogP contribution >= 0.6 is 23.1 Å². The summed E-state index contributed by atoms with van der Waals surface area (Å²) in [7, 11) is 1.73. The normalized spacial score (nSPS) is 17.9. The highest BCUT2D eigenvalue weighted by atomic mass is 32.2. The van der Waals surface area contributed by atoms with E-state index in [0.29, 0.717) is 10.5 Å². The lowest BCUT2D eigenvalue weighted by Crippen LogP contribution is -2.41. The molecule has 1 N–H and O–H groups in total. The maximum atomic E-state index is 12.8. The Labute approximate surface area is 190 Å². The van der Waals surface area contributed by atoms with Gasteiger partial charge in [-0.2, -0.15) is 0 Å². The Bertz CT molecular complexity index is 1160. The van der Waals surface area contributed by atoms with Crippen molar-refractivity contribution in [3.05, 3.63) is 56.7 Å². The van der Waals surface area contributed by atoms with Crippen LogP contribution in [0, 0.1) is 13.8 Å². The molecular formula is C23H28N4O2S2. The monoisotopic (exact) mass is 456 g/mol. The van der Waals surface area contributed by atoms with Crippen LogP contribution in [0.15, 0.2) is 40.3 Å². The van der Waals surface area contributed by atoms with Gasteiger partial charge in [-0.3, -0.25) is 19.1 Å². The zero-order chi connectivity index (χ0) is 22.1. The maximum absolute atomic E-state index is 12.8. The fourth-order valence-electron chi connectivity index (χ4n) is 3.93. The van der Waals surface area contributed by atoms with E-state index in [0.717, 1.165) is 41.3 Å². The molecule has 0 saturated carbocycles. The quantitative estimate of drug-likeness (QED) is 0.454. The molecule has 1 aliphatic rings. The Kier molecular flexibility index (Phi) is 6.50. The van der Waals surface area contributed by atoms with Gasteiger partial charge in [-0.05, 0) is 38.3 Å². The van der Waals surface area contributed by atoms with Gasteiger partial charge in [0.2, 0.25) is 5.91 Å². The SMILES string of the molecule is Cc1sc2nc(SC(C)C(=O)NC3CCN(Cc4ccccc4)C3)n(C)c(=O)c2c1C. The minimum Gasteiger partial charge on any atom is -0.351 e. The average molecular weight is 457 g/mol. The number of carbonyl (C=O) groups is 1. The van der Waals surface area contributed by atoms with Gasteiger partial charge in [-0.1, -0.05) is 42.1 Å². The van der Waals surface area contributed by atoms with Gasteiger partial charge in [-0.15, -0.1) is 11.3 Å². The van der Waals surface area contributed by atoms with E-state index >= 15 is 0 Å². The molecule has 2 atom stereocenters. The van der Waals surface area contributed by atoms with Crippen LogP contribution in [-0.2, 0) is 18.4 Å². The minimum atomic E-state index is -0.333. The third kappa shape index (κ3) is 4.71. The number of likely N-dealkylation sites (tertiary alicyclic amines) is 1. The molecule has 3 aromatic rings. The minimum absolute atomic E-state index is 0.00977. The molecule has 2 aromatic heterocycles. The lowest BCUT2D eigenvalue weighted by atomic mass is 10.2. The largest absolute Gasteiger partial charge is 0.351 e. The van der Waals surface area contributed by atoms with Gasteiger partial charge < -0.3 is 5.32 Å². The summed E-state index contributed by atoms with van der Waals surface area (Å²) in [4.78, 5) is 34.5. The van der Waals surface area contributed by atoms with Crippen molar-refractivity contribution in [3.8, 4) is 0 Å².